The number of hydrogen-bond donors (Lipinski definition) is 2. The largest absolute Gasteiger partial charge is 0.479 e. The molecule has 2 N–H and O–H groups in total. The molecule has 0 radical (unpaired) electrons. The molecule has 0 amide bonds. The van der Waals surface area contributed by atoms with E-state index in [-0.39, 0.29) is 11.8 Å². The van der Waals surface area contributed by atoms with Crippen LogP contribution in [0.2, 0.25) is 10.0 Å². The molecule has 0 aliphatic heterocycles. The average Bonchev–Trinajstić information content (AvgIpc) is 2.58. The molecule has 0 bridgehead atoms. The lowest BCUT2D eigenvalue weighted by Crippen LogP contribution is -2.15. The van der Waals surface area contributed by atoms with Crippen LogP contribution in [-0.2, 0) is 20.7 Å². The molecule has 2 rings (SSSR count). The van der Waals surface area contributed by atoms with Crippen LogP contribution < -0.4 is 5.32 Å². The summed E-state index contributed by atoms with van der Waals surface area (Å²) in [5.74, 6) is -1.83. The van der Waals surface area contributed by atoms with E-state index in [2.05, 4.69) is 10.1 Å². The van der Waals surface area contributed by atoms with E-state index in [9.17, 15) is 9.59 Å². The Balaban J connectivity index is 0.00000105. The summed E-state index contributed by atoms with van der Waals surface area (Å²) in [4.78, 5) is 22.1. The second-order valence-corrected chi connectivity index (χ2v) is 6.33. The zero-order valence-electron chi connectivity index (χ0n) is 13.3. The van der Waals surface area contributed by atoms with Crippen molar-refractivity contribution in [3.63, 3.8) is 0 Å². The van der Waals surface area contributed by atoms with Gasteiger partial charge in [0.2, 0.25) is 0 Å². The van der Waals surface area contributed by atoms with E-state index in [0.717, 1.165) is 0 Å². The molecule has 2 aromatic rings. The van der Waals surface area contributed by atoms with Crippen LogP contribution in [0, 0.1) is 0 Å². The fraction of sp³-hybridized carbons (Fsp3) is 0.176. The number of aliphatic carboxylic acids is 1. The third kappa shape index (κ3) is 7.70. The summed E-state index contributed by atoms with van der Waals surface area (Å²) in [6.07, 6.45) is -0.0709. The molecule has 2 aromatic carbocycles. The highest BCUT2D eigenvalue weighted by Crippen LogP contribution is 2.33. The lowest BCUT2D eigenvalue weighted by molar-refractivity contribution is -0.154. The Morgan fingerprint density at radius 1 is 1.00 bits per heavy atom. The molecular weight excluding hydrogens is 424 g/mol. The van der Waals surface area contributed by atoms with Crippen LogP contribution in [-0.4, -0.2) is 29.0 Å². The minimum absolute atomic E-state index is 0.0709. The van der Waals surface area contributed by atoms with Crippen LogP contribution >= 0.6 is 46.4 Å². The zero-order valence-corrected chi connectivity index (χ0v) is 16.4. The maximum atomic E-state index is 11.7. The number of halogens is 4. The summed E-state index contributed by atoms with van der Waals surface area (Å²) in [6, 6.07) is 12.2. The quantitative estimate of drug-likeness (QED) is 0.470. The number of para-hydroxylation sites is 2. The summed E-state index contributed by atoms with van der Waals surface area (Å²) in [7, 11) is 0. The number of esters is 1. The predicted molar refractivity (Wildman–Crippen MR) is 105 cm³/mol. The predicted octanol–water partition coefficient (Wildman–Crippen LogP) is 5.33. The van der Waals surface area contributed by atoms with E-state index in [1.54, 1.807) is 42.5 Å². The molecular formula is C17H15Cl4NO4. The Hall–Kier alpha value is -1.66. The molecule has 0 saturated heterocycles. The van der Waals surface area contributed by atoms with Crippen LogP contribution in [0.3, 0.4) is 0 Å². The van der Waals surface area contributed by atoms with Crippen LogP contribution in [0.25, 0.3) is 0 Å². The number of carboxylic acid groups (broad SMARTS) is 1. The summed E-state index contributed by atoms with van der Waals surface area (Å²) in [6.45, 7) is -0.662. The highest BCUT2D eigenvalue weighted by molar-refractivity contribution is 6.40. The fourth-order valence-electron chi connectivity index (χ4n) is 1.90. The van der Waals surface area contributed by atoms with E-state index < -0.39 is 18.5 Å². The Kier molecular flexibility index (Phi) is 10.2. The standard InChI is InChI=1S/C16H13Cl2NO4.CH2Cl2/c17-11-5-3-6-12(18)16(11)19-13-7-2-1-4-10(13)8-15(22)23-9-14(20)21;2-1-3/h1-7,19H,8-9H2,(H,20,21);1H2. The van der Waals surface area contributed by atoms with Crippen molar-refractivity contribution < 1.29 is 19.4 Å². The molecule has 0 aromatic heterocycles. The first kappa shape index (κ1) is 22.4. The summed E-state index contributed by atoms with van der Waals surface area (Å²) in [5.41, 5.74) is 1.80. The number of benzene rings is 2. The van der Waals surface area contributed by atoms with E-state index in [4.69, 9.17) is 51.5 Å². The molecule has 0 saturated carbocycles. The number of carboxylic acids is 1. The van der Waals surface area contributed by atoms with Gasteiger partial charge >= 0.3 is 11.9 Å². The lowest BCUT2D eigenvalue weighted by Gasteiger charge is -2.14. The van der Waals surface area contributed by atoms with Crippen molar-refractivity contribution >= 4 is 69.7 Å². The normalized spacial score (nSPS) is 9.69. The molecule has 140 valence electrons. The highest BCUT2D eigenvalue weighted by Gasteiger charge is 2.12. The maximum Gasteiger partial charge on any atom is 0.341 e. The van der Waals surface area contributed by atoms with Crippen LogP contribution in [0.1, 0.15) is 5.56 Å². The smallest absolute Gasteiger partial charge is 0.341 e. The zero-order chi connectivity index (χ0) is 19.5. The number of carbonyl (C=O) groups is 2. The number of ether oxygens (including phenoxy) is 1. The van der Waals surface area contributed by atoms with Crippen LogP contribution in [0.5, 0.6) is 0 Å². The van der Waals surface area contributed by atoms with Crippen molar-refractivity contribution in [3.8, 4) is 0 Å². The maximum absolute atomic E-state index is 11.7. The van der Waals surface area contributed by atoms with Crippen molar-refractivity contribution in [1.82, 2.24) is 0 Å². The van der Waals surface area contributed by atoms with Gasteiger partial charge in [-0.05, 0) is 23.8 Å². The minimum atomic E-state index is -1.20. The Labute approximate surface area is 170 Å². The summed E-state index contributed by atoms with van der Waals surface area (Å²) < 4.78 is 4.64. The lowest BCUT2D eigenvalue weighted by atomic mass is 10.1. The molecule has 0 spiro atoms. The van der Waals surface area contributed by atoms with E-state index in [0.29, 0.717) is 27.0 Å². The monoisotopic (exact) mass is 437 g/mol. The molecule has 0 fully saturated rings. The van der Waals surface area contributed by atoms with Gasteiger partial charge in [0, 0.05) is 5.69 Å². The number of carbonyl (C=O) groups excluding carboxylic acids is 1. The molecule has 0 unspecified atom stereocenters. The van der Waals surface area contributed by atoms with Gasteiger partial charge in [0.1, 0.15) is 0 Å². The number of nitrogens with one attached hydrogen (secondary N) is 1. The first-order valence-corrected chi connectivity index (χ1v) is 8.99. The molecule has 0 atom stereocenters. The Morgan fingerprint density at radius 2 is 1.58 bits per heavy atom. The second-order valence-electron chi connectivity index (χ2n) is 4.71. The van der Waals surface area contributed by atoms with Gasteiger partial charge in [-0.2, -0.15) is 0 Å². The Bertz CT molecular complexity index is 735. The van der Waals surface area contributed by atoms with Crippen LogP contribution in [0.4, 0.5) is 11.4 Å². The second kappa shape index (κ2) is 11.9. The van der Waals surface area contributed by atoms with Gasteiger partial charge in [0.25, 0.3) is 0 Å². The molecule has 26 heavy (non-hydrogen) atoms. The van der Waals surface area contributed by atoms with Crippen molar-refractivity contribution in [2.24, 2.45) is 0 Å². The van der Waals surface area contributed by atoms with E-state index in [1.807, 2.05) is 0 Å². The van der Waals surface area contributed by atoms with Crippen molar-refractivity contribution in [2.45, 2.75) is 6.42 Å². The fourth-order valence-corrected chi connectivity index (χ4v) is 2.39. The molecule has 0 aliphatic carbocycles. The van der Waals surface area contributed by atoms with Gasteiger partial charge in [-0.25, -0.2) is 4.79 Å². The van der Waals surface area contributed by atoms with Gasteiger partial charge in [-0.3, -0.25) is 4.79 Å². The molecule has 5 nitrogen and oxygen atoms in total. The Morgan fingerprint density at radius 3 is 2.15 bits per heavy atom. The van der Waals surface area contributed by atoms with Crippen LogP contribution in [0.15, 0.2) is 42.5 Å². The first-order valence-electron chi connectivity index (χ1n) is 7.17. The summed E-state index contributed by atoms with van der Waals surface area (Å²) in [5, 5.41) is 12.7. The first-order chi connectivity index (χ1) is 12.4. The van der Waals surface area contributed by atoms with E-state index >= 15 is 0 Å². The third-order valence-corrected chi connectivity index (χ3v) is 3.56. The average molecular weight is 439 g/mol. The minimum Gasteiger partial charge on any atom is -0.479 e. The number of anilines is 2. The van der Waals surface area contributed by atoms with E-state index in [1.165, 1.54) is 0 Å². The van der Waals surface area contributed by atoms with Crippen molar-refractivity contribution in [3.05, 3.63) is 58.1 Å². The summed E-state index contributed by atoms with van der Waals surface area (Å²) >= 11 is 21.8. The van der Waals surface area contributed by atoms with Gasteiger partial charge in [0.05, 0.1) is 27.5 Å². The van der Waals surface area contributed by atoms with Crippen molar-refractivity contribution in [2.75, 3.05) is 17.3 Å². The molecule has 9 heteroatoms. The number of hydrogen-bond acceptors (Lipinski definition) is 4. The third-order valence-electron chi connectivity index (χ3n) is 2.93. The van der Waals surface area contributed by atoms with Crippen molar-refractivity contribution in [1.29, 1.82) is 0 Å². The van der Waals surface area contributed by atoms with Gasteiger partial charge in [0.15, 0.2) is 6.61 Å². The molecule has 0 aliphatic rings. The number of alkyl halides is 2. The molecule has 0 heterocycles. The van der Waals surface area contributed by atoms with Gasteiger partial charge in [-0.1, -0.05) is 47.5 Å². The number of rotatable bonds is 6. The highest BCUT2D eigenvalue weighted by atomic mass is 35.5. The van der Waals surface area contributed by atoms with Gasteiger partial charge < -0.3 is 15.2 Å². The SMILES string of the molecule is ClCCl.O=C(O)COC(=O)Cc1ccccc1Nc1c(Cl)cccc1Cl. The topological polar surface area (TPSA) is 75.6 Å². The van der Waals surface area contributed by atoms with Gasteiger partial charge in [-0.15, -0.1) is 23.2 Å².